The predicted molar refractivity (Wildman–Crippen MR) is 87.1 cm³/mol. The summed E-state index contributed by atoms with van der Waals surface area (Å²) in [5.41, 5.74) is 0.137. The highest BCUT2D eigenvalue weighted by Gasteiger charge is 2.41. The fourth-order valence-corrected chi connectivity index (χ4v) is 5.73. The fourth-order valence-electron chi connectivity index (χ4n) is 3.19. The summed E-state index contributed by atoms with van der Waals surface area (Å²) in [7, 11) is 0.799. The Morgan fingerprint density at radius 2 is 2.05 bits per heavy atom. The first-order valence-electron chi connectivity index (χ1n) is 6.89. The fraction of sp³-hybridized carbons (Fsp3) is 0.600. The summed E-state index contributed by atoms with van der Waals surface area (Å²) in [4.78, 5) is 0.655. The SMILES string of the molecule is CNC1C(S(=O)c2cc(Cl)ccc2Cl)CCCC1(C)C. The second-order valence-corrected chi connectivity index (χ2v) is 8.54. The number of benzene rings is 1. The number of rotatable bonds is 3. The Labute approximate surface area is 133 Å². The molecule has 20 heavy (non-hydrogen) atoms. The zero-order valence-corrected chi connectivity index (χ0v) is 14.4. The molecule has 0 saturated heterocycles. The van der Waals surface area contributed by atoms with Crippen LogP contribution in [-0.2, 0) is 10.8 Å². The van der Waals surface area contributed by atoms with E-state index >= 15 is 0 Å². The summed E-state index contributed by atoms with van der Waals surface area (Å²) in [6.45, 7) is 4.47. The molecule has 0 spiro atoms. The molecule has 3 unspecified atom stereocenters. The van der Waals surface area contributed by atoms with Crippen LogP contribution in [-0.4, -0.2) is 22.5 Å². The number of hydrogen-bond acceptors (Lipinski definition) is 2. The van der Waals surface area contributed by atoms with Crippen molar-refractivity contribution in [2.24, 2.45) is 5.41 Å². The topological polar surface area (TPSA) is 29.1 Å². The van der Waals surface area contributed by atoms with E-state index in [9.17, 15) is 4.21 Å². The van der Waals surface area contributed by atoms with Crippen LogP contribution in [0.5, 0.6) is 0 Å². The lowest BCUT2D eigenvalue weighted by Gasteiger charge is -2.43. The second kappa shape index (κ2) is 6.35. The zero-order chi connectivity index (χ0) is 14.9. The normalized spacial score (nSPS) is 27.2. The van der Waals surface area contributed by atoms with Crippen molar-refractivity contribution in [3.63, 3.8) is 0 Å². The van der Waals surface area contributed by atoms with Gasteiger partial charge in [0.25, 0.3) is 0 Å². The van der Waals surface area contributed by atoms with Gasteiger partial charge in [0.05, 0.1) is 26.0 Å². The van der Waals surface area contributed by atoms with Crippen LogP contribution in [0.15, 0.2) is 23.1 Å². The molecule has 1 saturated carbocycles. The Kier molecular flexibility index (Phi) is 5.17. The molecule has 0 aromatic heterocycles. The van der Waals surface area contributed by atoms with Crippen LogP contribution < -0.4 is 5.32 Å². The van der Waals surface area contributed by atoms with Gasteiger partial charge in [-0.1, -0.05) is 43.5 Å². The molecule has 1 aliphatic carbocycles. The van der Waals surface area contributed by atoms with Crippen LogP contribution in [0.2, 0.25) is 10.0 Å². The van der Waals surface area contributed by atoms with Gasteiger partial charge in [0, 0.05) is 11.1 Å². The van der Waals surface area contributed by atoms with Crippen molar-refractivity contribution in [3.05, 3.63) is 28.2 Å². The van der Waals surface area contributed by atoms with E-state index in [1.54, 1.807) is 18.2 Å². The van der Waals surface area contributed by atoms with Gasteiger partial charge in [0.15, 0.2) is 0 Å². The Bertz CT molecular complexity index is 519. The van der Waals surface area contributed by atoms with Crippen LogP contribution in [0.3, 0.4) is 0 Å². The molecule has 0 heterocycles. The van der Waals surface area contributed by atoms with E-state index in [1.807, 2.05) is 7.05 Å². The Morgan fingerprint density at radius 1 is 1.35 bits per heavy atom. The third-order valence-corrected chi connectivity index (χ3v) is 6.73. The van der Waals surface area contributed by atoms with Gasteiger partial charge in [0.2, 0.25) is 0 Å². The van der Waals surface area contributed by atoms with Crippen LogP contribution in [0.4, 0.5) is 0 Å². The summed E-state index contributed by atoms with van der Waals surface area (Å²) in [6.07, 6.45) is 3.19. The van der Waals surface area contributed by atoms with E-state index in [0.29, 0.717) is 14.9 Å². The molecular formula is C15H21Cl2NOS. The van der Waals surface area contributed by atoms with Crippen LogP contribution in [0, 0.1) is 5.41 Å². The molecule has 0 aliphatic heterocycles. The van der Waals surface area contributed by atoms with E-state index in [0.717, 1.165) is 19.3 Å². The molecule has 1 aliphatic rings. The van der Waals surface area contributed by atoms with Gasteiger partial charge in [-0.2, -0.15) is 0 Å². The van der Waals surface area contributed by atoms with E-state index < -0.39 is 10.8 Å². The van der Waals surface area contributed by atoms with Crippen molar-refractivity contribution in [2.45, 2.75) is 49.3 Å². The smallest absolute Gasteiger partial charge is 0.0592 e. The first-order chi connectivity index (χ1) is 9.36. The largest absolute Gasteiger partial charge is 0.315 e. The molecule has 1 aromatic carbocycles. The molecule has 0 amide bonds. The third-order valence-electron chi connectivity index (χ3n) is 4.22. The highest BCUT2D eigenvalue weighted by atomic mass is 35.5. The third kappa shape index (κ3) is 3.22. The van der Waals surface area contributed by atoms with Gasteiger partial charge in [0.1, 0.15) is 0 Å². The summed E-state index contributed by atoms with van der Waals surface area (Å²) in [5.74, 6) is 0. The summed E-state index contributed by atoms with van der Waals surface area (Å²) < 4.78 is 13.0. The minimum atomic E-state index is -1.15. The Morgan fingerprint density at radius 3 is 2.70 bits per heavy atom. The first kappa shape index (κ1) is 16.3. The maximum absolute atomic E-state index is 13.0. The van der Waals surface area contributed by atoms with Crippen LogP contribution in [0.1, 0.15) is 33.1 Å². The van der Waals surface area contributed by atoms with Gasteiger partial charge in [-0.05, 0) is 43.5 Å². The average molecular weight is 334 g/mol. The predicted octanol–water partition coefficient (Wildman–Crippen LogP) is 4.27. The molecule has 0 bridgehead atoms. The minimum Gasteiger partial charge on any atom is -0.315 e. The molecule has 0 radical (unpaired) electrons. The maximum atomic E-state index is 13.0. The van der Waals surface area contributed by atoms with Crippen LogP contribution in [0.25, 0.3) is 0 Å². The summed E-state index contributed by atoms with van der Waals surface area (Å²) in [6, 6.07) is 5.39. The van der Waals surface area contributed by atoms with E-state index in [1.165, 1.54) is 0 Å². The van der Waals surface area contributed by atoms with Crippen molar-refractivity contribution < 1.29 is 4.21 Å². The van der Waals surface area contributed by atoms with Gasteiger partial charge >= 0.3 is 0 Å². The molecule has 1 aromatic rings. The first-order valence-corrected chi connectivity index (χ1v) is 8.86. The zero-order valence-electron chi connectivity index (χ0n) is 12.1. The standard InChI is InChI=1S/C15H21Cl2NOS/c1-15(2)8-4-5-12(14(15)18-3)20(19)13-9-10(16)6-7-11(13)17/h6-7,9,12,14,18H,4-5,8H2,1-3H3. The molecule has 1 fully saturated rings. The van der Waals surface area contributed by atoms with Gasteiger partial charge < -0.3 is 5.32 Å². The van der Waals surface area contributed by atoms with Crippen molar-refractivity contribution in [3.8, 4) is 0 Å². The van der Waals surface area contributed by atoms with Crippen molar-refractivity contribution in [1.82, 2.24) is 5.32 Å². The highest BCUT2D eigenvalue weighted by Crippen LogP contribution is 2.40. The molecule has 2 nitrogen and oxygen atoms in total. The van der Waals surface area contributed by atoms with Gasteiger partial charge in [-0.25, -0.2) is 0 Å². The van der Waals surface area contributed by atoms with Gasteiger partial charge in [-0.15, -0.1) is 0 Å². The van der Waals surface area contributed by atoms with Crippen LogP contribution >= 0.6 is 23.2 Å². The molecule has 1 N–H and O–H groups in total. The Hall–Kier alpha value is -0.0900. The van der Waals surface area contributed by atoms with E-state index in [4.69, 9.17) is 23.2 Å². The molecular weight excluding hydrogens is 313 g/mol. The maximum Gasteiger partial charge on any atom is 0.0592 e. The highest BCUT2D eigenvalue weighted by molar-refractivity contribution is 7.85. The molecule has 5 heteroatoms. The average Bonchev–Trinajstić information content (AvgIpc) is 2.39. The lowest BCUT2D eigenvalue weighted by molar-refractivity contribution is 0.180. The van der Waals surface area contributed by atoms with Gasteiger partial charge in [-0.3, -0.25) is 4.21 Å². The minimum absolute atomic E-state index is 0.0692. The quantitative estimate of drug-likeness (QED) is 0.894. The van der Waals surface area contributed by atoms with Crippen molar-refractivity contribution in [2.75, 3.05) is 7.05 Å². The molecule has 2 rings (SSSR count). The lowest BCUT2D eigenvalue weighted by Crippen LogP contribution is -2.52. The van der Waals surface area contributed by atoms with E-state index in [2.05, 4.69) is 19.2 Å². The van der Waals surface area contributed by atoms with Crippen molar-refractivity contribution >= 4 is 34.0 Å². The second-order valence-electron chi connectivity index (χ2n) is 6.06. The number of hydrogen-bond donors (Lipinski definition) is 1. The number of nitrogens with one attached hydrogen (secondary N) is 1. The van der Waals surface area contributed by atoms with Crippen molar-refractivity contribution in [1.29, 1.82) is 0 Å². The Balaban J connectivity index is 2.34. The van der Waals surface area contributed by atoms with E-state index in [-0.39, 0.29) is 16.7 Å². The number of halogens is 2. The molecule has 3 atom stereocenters. The summed E-state index contributed by atoms with van der Waals surface area (Å²) in [5, 5.41) is 4.54. The lowest BCUT2D eigenvalue weighted by atomic mass is 9.73. The summed E-state index contributed by atoms with van der Waals surface area (Å²) >= 11 is 12.2. The monoisotopic (exact) mass is 333 g/mol. The molecule has 112 valence electrons.